The van der Waals surface area contributed by atoms with E-state index < -0.39 is 0 Å². The summed E-state index contributed by atoms with van der Waals surface area (Å²) < 4.78 is 1.80. The van der Waals surface area contributed by atoms with E-state index in [1.54, 1.807) is 16.0 Å². The lowest BCUT2D eigenvalue weighted by Crippen LogP contribution is -2.08. The first-order valence-electron chi connectivity index (χ1n) is 10.2. The molecule has 0 saturated heterocycles. The van der Waals surface area contributed by atoms with Crippen molar-refractivity contribution in [3.8, 4) is 11.3 Å². The molecule has 0 amide bonds. The molecule has 6 nitrogen and oxygen atoms in total. The van der Waals surface area contributed by atoms with Gasteiger partial charge in [0.25, 0.3) is 0 Å². The highest BCUT2D eigenvalue weighted by Gasteiger charge is 2.18. The molecular weight excluding hydrogens is 404 g/mol. The zero-order valence-corrected chi connectivity index (χ0v) is 17.7. The fourth-order valence-electron chi connectivity index (χ4n) is 3.57. The molecule has 0 bridgehead atoms. The van der Waals surface area contributed by atoms with E-state index in [-0.39, 0.29) is 0 Å². The summed E-state index contributed by atoms with van der Waals surface area (Å²) in [5.41, 5.74) is 10.0. The Morgan fingerprint density at radius 1 is 0.903 bits per heavy atom. The summed E-state index contributed by atoms with van der Waals surface area (Å²) >= 11 is 1.75. The average Bonchev–Trinajstić information content (AvgIpc) is 3.43. The third-order valence-electron chi connectivity index (χ3n) is 5.10. The van der Waals surface area contributed by atoms with E-state index in [4.69, 9.17) is 15.8 Å². The Morgan fingerprint density at radius 2 is 1.68 bits per heavy atom. The Bertz CT molecular complexity index is 1280. The highest BCUT2D eigenvalue weighted by molar-refractivity contribution is 7.09. The van der Waals surface area contributed by atoms with E-state index in [0.717, 1.165) is 35.2 Å². The molecule has 5 aromatic rings. The molecule has 3 N–H and O–H groups in total. The zero-order chi connectivity index (χ0) is 21.0. The second-order valence-electron chi connectivity index (χ2n) is 7.25. The number of nitrogen functional groups attached to an aromatic ring is 1. The summed E-state index contributed by atoms with van der Waals surface area (Å²) in [5.74, 6) is 1.13. The third-order valence-corrected chi connectivity index (χ3v) is 6.03. The number of aromatic nitrogens is 4. The Morgan fingerprint density at radius 3 is 2.42 bits per heavy atom. The Kier molecular flexibility index (Phi) is 5.33. The molecule has 0 aliphatic carbocycles. The topological polar surface area (TPSA) is 81.7 Å². The van der Waals surface area contributed by atoms with E-state index >= 15 is 0 Å². The van der Waals surface area contributed by atoms with Crippen LogP contribution >= 0.6 is 11.3 Å². The minimum atomic E-state index is 0.562. The highest BCUT2D eigenvalue weighted by Crippen LogP contribution is 2.31. The first kappa shape index (κ1) is 19.3. The van der Waals surface area contributed by atoms with Gasteiger partial charge in [0.05, 0.1) is 17.6 Å². The zero-order valence-electron chi connectivity index (χ0n) is 16.9. The molecular formula is C24H22N6S. The molecule has 3 heterocycles. The predicted molar refractivity (Wildman–Crippen MR) is 127 cm³/mol. The van der Waals surface area contributed by atoms with Crippen LogP contribution in [0.3, 0.4) is 0 Å². The number of thiophene rings is 1. The molecule has 0 aliphatic heterocycles. The summed E-state index contributed by atoms with van der Waals surface area (Å²) in [6.07, 6.45) is 0.921. The lowest BCUT2D eigenvalue weighted by Gasteiger charge is -2.08. The Labute approximate surface area is 184 Å². The Balaban J connectivity index is 1.53. The Hall–Kier alpha value is -3.71. The molecule has 0 fully saturated rings. The molecule has 0 radical (unpaired) electrons. The second-order valence-corrected chi connectivity index (χ2v) is 8.28. The molecule has 3 aromatic heterocycles. The maximum Gasteiger partial charge on any atom is 0.225 e. The van der Waals surface area contributed by atoms with Crippen LogP contribution < -0.4 is 11.1 Å². The van der Waals surface area contributed by atoms with Gasteiger partial charge < -0.3 is 11.1 Å². The smallest absolute Gasteiger partial charge is 0.225 e. The summed E-state index contributed by atoms with van der Waals surface area (Å²) in [7, 11) is 0. The summed E-state index contributed by atoms with van der Waals surface area (Å²) in [4.78, 5) is 10.8. The second kappa shape index (κ2) is 8.57. The van der Waals surface area contributed by atoms with Crippen molar-refractivity contribution in [3.63, 3.8) is 0 Å². The van der Waals surface area contributed by atoms with Gasteiger partial charge in [0.15, 0.2) is 5.65 Å². The first-order valence-corrected chi connectivity index (χ1v) is 11.1. The molecule has 2 aromatic carbocycles. The molecule has 0 aliphatic rings. The maximum absolute atomic E-state index is 6.54. The molecule has 0 unspecified atom stereocenters. The first-order chi connectivity index (χ1) is 15.3. The van der Waals surface area contributed by atoms with Crippen molar-refractivity contribution in [2.45, 2.75) is 13.0 Å². The number of nitrogens with two attached hydrogens (primary N) is 1. The fourth-order valence-corrected chi connectivity index (χ4v) is 4.28. The third kappa shape index (κ3) is 4.13. The quantitative estimate of drug-likeness (QED) is 0.389. The number of hydrogen-bond acceptors (Lipinski definition) is 6. The van der Waals surface area contributed by atoms with Crippen molar-refractivity contribution < 1.29 is 0 Å². The fraction of sp³-hybridized carbons (Fsp3) is 0.125. The van der Waals surface area contributed by atoms with Gasteiger partial charge >= 0.3 is 0 Å². The van der Waals surface area contributed by atoms with E-state index in [0.29, 0.717) is 24.0 Å². The molecule has 0 atom stereocenters. The number of nitrogens with zero attached hydrogens (tertiary/aromatic N) is 4. The van der Waals surface area contributed by atoms with Gasteiger partial charge in [-0.1, -0.05) is 66.7 Å². The van der Waals surface area contributed by atoms with Crippen LogP contribution in [-0.2, 0) is 13.0 Å². The van der Waals surface area contributed by atoms with Crippen LogP contribution in [0.4, 0.5) is 11.8 Å². The predicted octanol–water partition coefficient (Wildman–Crippen LogP) is 4.84. The van der Waals surface area contributed by atoms with Crippen molar-refractivity contribution in [1.82, 2.24) is 19.7 Å². The van der Waals surface area contributed by atoms with Crippen LogP contribution in [0.15, 0.2) is 78.2 Å². The van der Waals surface area contributed by atoms with Crippen LogP contribution in [0.1, 0.15) is 10.4 Å². The lowest BCUT2D eigenvalue weighted by atomic mass is 10.1. The van der Waals surface area contributed by atoms with Crippen LogP contribution in [0.2, 0.25) is 0 Å². The number of nitrogens with one attached hydrogen (secondary N) is 1. The number of rotatable bonds is 7. The van der Waals surface area contributed by atoms with Crippen LogP contribution in [0.25, 0.3) is 22.3 Å². The van der Waals surface area contributed by atoms with Crippen molar-refractivity contribution in [2.75, 3.05) is 17.6 Å². The molecule has 154 valence electrons. The molecule has 31 heavy (non-hydrogen) atoms. The average molecular weight is 427 g/mol. The summed E-state index contributed by atoms with van der Waals surface area (Å²) in [5, 5.41) is 10.9. The van der Waals surface area contributed by atoms with Gasteiger partial charge in [0.1, 0.15) is 5.82 Å². The number of hydrogen-bond donors (Lipinski definition) is 2. The standard InChI is InChI=1S/C24H22N6S/c25-22-20-21(18-10-5-2-6-11-18)27-24(26-14-13-19-12-7-15-31-19)28-23(20)29-30(22)16-17-8-3-1-4-9-17/h1-12,15H,13-14,16,25H2,(H,26,28,29). The van der Waals surface area contributed by atoms with Gasteiger partial charge in [-0.15, -0.1) is 16.4 Å². The van der Waals surface area contributed by atoms with Crippen molar-refractivity contribution in [3.05, 3.63) is 88.6 Å². The van der Waals surface area contributed by atoms with Crippen molar-refractivity contribution in [1.29, 1.82) is 0 Å². The molecule has 5 rings (SSSR count). The van der Waals surface area contributed by atoms with E-state index in [1.807, 2.05) is 48.5 Å². The van der Waals surface area contributed by atoms with Gasteiger partial charge in [0, 0.05) is 17.0 Å². The van der Waals surface area contributed by atoms with Gasteiger partial charge in [-0.25, -0.2) is 9.67 Å². The highest BCUT2D eigenvalue weighted by atomic mass is 32.1. The maximum atomic E-state index is 6.54. The number of anilines is 2. The minimum Gasteiger partial charge on any atom is -0.383 e. The normalized spacial score (nSPS) is 11.1. The SMILES string of the molecule is Nc1c2c(-c3ccccc3)nc(NCCc3cccs3)nc2nn1Cc1ccccc1. The molecule has 0 spiro atoms. The van der Waals surface area contributed by atoms with Crippen LogP contribution in [0, 0.1) is 0 Å². The van der Waals surface area contributed by atoms with Gasteiger partial charge in [0.2, 0.25) is 5.95 Å². The largest absolute Gasteiger partial charge is 0.383 e. The van der Waals surface area contributed by atoms with Gasteiger partial charge in [-0.05, 0) is 23.4 Å². The van der Waals surface area contributed by atoms with Gasteiger partial charge in [-0.3, -0.25) is 0 Å². The number of fused-ring (bicyclic) bond motifs is 1. The van der Waals surface area contributed by atoms with Crippen molar-refractivity contribution in [2.24, 2.45) is 0 Å². The lowest BCUT2D eigenvalue weighted by molar-refractivity contribution is 0.703. The summed E-state index contributed by atoms with van der Waals surface area (Å²) in [6, 6.07) is 24.4. The molecule has 0 saturated carbocycles. The van der Waals surface area contributed by atoms with Crippen molar-refractivity contribution >= 4 is 34.1 Å². The molecule has 7 heteroatoms. The monoisotopic (exact) mass is 426 g/mol. The van der Waals surface area contributed by atoms with Crippen LogP contribution in [-0.4, -0.2) is 26.3 Å². The van der Waals surface area contributed by atoms with Crippen LogP contribution in [0.5, 0.6) is 0 Å². The van der Waals surface area contributed by atoms with Gasteiger partial charge in [-0.2, -0.15) is 4.98 Å². The summed E-state index contributed by atoms with van der Waals surface area (Å²) in [6.45, 7) is 1.33. The van der Waals surface area contributed by atoms with E-state index in [2.05, 4.69) is 39.9 Å². The number of benzene rings is 2. The van der Waals surface area contributed by atoms with E-state index in [9.17, 15) is 0 Å². The van der Waals surface area contributed by atoms with E-state index in [1.165, 1.54) is 4.88 Å². The minimum absolute atomic E-state index is 0.562.